The molecule has 1 heterocycles. The number of halogens is 2. The third kappa shape index (κ3) is 4.73. The average molecular weight is 400 g/mol. The minimum Gasteiger partial charge on any atom is -0.466 e. The van der Waals surface area contributed by atoms with Crippen molar-refractivity contribution in [2.45, 2.75) is 5.33 Å². The molecule has 1 aliphatic rings. The number of benzene rings is 1. The number of nitrogens with one attached hydrogen (secondary N) is 1. The van der Waals surface area contributed by atoms with Crippen LogP contribution in [0.25, 0.3) is 0 Å². The van der Waals surface area contributed by atoms with E-state index in [1.54, 1.807) is 12.1 Å². The van der Waals surface area contributed by atoms with Gasteiger partial charge in [0.15, 0.2) is 5.17 Å². The van der Waals surface area contributed by atoms with E-state index in [-0.39, 0.29) is 15.9 Å². The first-order chi connectivity index (χ1) is 11.0. The van der Waals surface area contributed by atoms with Crippen LogP contribution < -0.4 is 5.32 Å². The predicted molar refractivity (Wildman–Crippen MR) is 89.9 cm³/mol. The van der Waals surface area contributed by atoms with Crippen molar-refractivity contribution in [3.05, 3.63) is 46.1 Å². The van der Waals surface area contributed by atoms with Gasteiger partial charge in [-0.3, -0.25) is 10.1 Å². The van der Waals surface area contributed by atoms with Crippen molar-refractivity contribution in [2.24, 2.45) is 10.2 Å². The summed E-state index contributed by atoms with van der Waals surface area (Å²) in [6, 6.07) is 4.68. The maximum Gasteiger partial charge on any atom is 0.331 e. The number of thioether (sulfide) groups is 1. The Labute approximate surface area is 144 Å². The van der Waals surface area contributed by atoms with Gasteiger partial charge in [0.1, 0.15) is 5.82 Å². The van der Waals surface area contributed by atoms with Gasteiger partial charge in [-0.1, -0.05) is 28.1 Å². The Morgan fingerprint density at radius 1 is 1.52 bits per heavy atom. The predicted octanol–water partition coefficient (Wildman–Crippen LogP) is 2.33. The Morgan fingerprint density at radius 2 is 2.30 bits per heavy atom. The number of hydrogen-bond acceptors (Lipinski definition) is 6. The van der Waals surface area contributed by atoms with Crippen molar-refractivity contribution in [3.63, 3.8) is 0 Å². The molecule has 9 heteroatoms. The number of methoxy groups -OCH3 is 1. The second-order valence-electron chi connectivity index (χ2n) is 4.22. The highest BCUT2D eigenvalue weighted by atomic mass is 79.9. The molecule has 1 aliphatic heterocycles. The van der Waals surface area contributed by atoms with E-state index in [4.69, 9.17) is 0 Å². The Morgan fingerprint density at radius 3 is 2.96 bits per heavy atom. The van der Waals surface area contributed by atoms with E-state index >= 15 is 0 Å². The summed E-state index contributed by atoms with van der Waals surface area (Å²) in [4.78, 5) is 22.9. The van der Waals surface area contributed by atoms with Crippen LogP contribution in [0.15, 0.2) is 39.4 Å². The summed E-state index contributed by atoms with van der Waals surface area (Å²) in [5, 5.41) is 10.7. The molecule has 1 saturated heterocycles. The van der Waals surface area contributed by atoms with Crippen molar-refractivity contribution < 1.29 is 18.7 Å². The summed E-state index contributed by atoms with van der Waals surface area (Å²) < 4.78 is 18.0. The van der Waals surface area contributed by atoms with Gasteiger partial charge in [-0.05, 0) is 29.0 Å². The minimum atomic E-state index is -0.630. The van der Waals surface area contributed by atoms with Gasteiger partial charge in [0.2, 0.25) is 0 Å². The molecule has 0 bridgehead atoms. The summed E-state index contributed by atoms with van der Waals surface area (Å²) in [6.07, 6.45) is 2.43. The first kappa shape index (κ1) is 17.4. The quantitative estimate of drug-likeness (QED) is 0.277. The third-order valence-corrected chi connectivity index (χ3v) is 4.18. The number of nitrogens with zero attached hydrogens (tertiary/aromatic N) is 2. The second-order valence-corrected chi connectivity index (χ2v) is 5.81. The van der Waals surface area contributed by atoms with Crippen LogP contribution >= 0.6 is 27.7 Å². The zero-order valence-corrected chi connectivity index (χ0v) is 14.3. The maximum absolute atomic E-state index is 13.6. The number of hydrogen-bond donors (Lipinski definition) is 1. The van der Waals surface area contributed by atoms with Gasteiger partial charge in [0, 0.05) is 11.4 Å². The molecular weight excluding hydrogens is 389 g/mol. The molecule has 23 heavy (non-hydrogen) atoms. The smallest absolute Gasteiger partial charge is 0.331 e. The molecular formula is C14H11BrFN3O3S. The first-order valence-electron chi connectivity index (χ1n) is 6.27. The highest BCUT2D eigenvalue weighted by Gasteiger charge is 2.24. The molecule has 1 amide bonds. The van der Waals surface area contributed by atoms with Crippen LogP contribution in [0.5, 0.6) is 0 Å². The summed E-state index contributed by atoms with van der Waals surface area (Å²) in [6.45, 7) is 0. The van der Waals surface area contributed by atoms with Crippen molar-refractivity contribution in [3.8, 4) is 0 Å². The molecule has 2 rings (SSSR count). The largest absolute Gasteiger partial charge is 0.466 e. The fourth-order valence-electron chi connectivity index (χ4n) is 1.54. The fourth-order valence-corrected chi connectivity index (χ4v) is 2.73. The van der Waals surface area contributed by atoms with Gasteiger partial charge in [0.05, 0.1) is 18.2 Å². The van der Waals surface area contributed by atoms with Crippen molar-refractivity contribution >= 4 is 51.0 Å². The van der Waals surface area contributed by atoms with Crippen LogP contribution in [0.1, 0.15) is 11.1 Å². The van der Waals surface area contributed by atoms with Gasteiger partial charge in [0.25, 0.3) is 5.91 Å². The van der Waals surface area contributed by atoms with E-state index in [1.165, 1.54) is 19.4 Å². The zero-order valence-electron chi connectivity index (χ0n) is 11.9. The molecule has 0 aliphatic carbocycles. The SMILES string of the molecule is COC(=O)/C=C1/S/C(=N\N=Cc2ccc(CBr)c(F)c2)NC1=O. The van der Waals surface area contributed by atoms with Crippen LogP contribution in [-0.2, 0) is 19.7 Å². The number of carbonyl (C=O) groups is 2. The molecule has 0 saturated carbocycles. The van der Waals surface area contributed by atoms with Gasteiger partial charge in [-0.25, -0.2) is 9.18 Å². The molecule has 1 N–H and O–H groups in total. The van der Waals surface area contributed by atoms with Crippen LogP contribution in [-0.4, -0.2) is 30.4 Å². The lowest BCUT2D eigenvalue weighted by Gasteiger charge is -1.98. The van der Waals surface area contributed by atoms with Crippen molar-refractivity contribution in [1.82, 2.24) is 5.32 Å². The summed E-state index contributed by atoms with van der Waals surface area (Å²) >= 11 is 4.15. The highest BCUT2D eigenvalue weighted by molar-refractivity contribution is 9.08. The molecule has 0 aromatic heterocycles. The number of amides is 1. The van der Waals surface area contributed by atoms with Gasteiger partial charge in [-0.15, -0.1) is 5.10 Å². The van der Waals surface area contributed by atoms with E-state index in [2.05, 4.69) is 36.2 Å². The molecule has 0 spiro atoms. The van der Waals surface area contributed by atoms with Gasteiger partial charge in [-0.2, -0.15) is 5.10 Å². The lowest BCUT2D eigenvalue weighted by molar-refractivity contribution is -0.135. The summed E-state index contributed by atoms with van der Waals surface area (Å²) in [7, 11) is 1.22. The minimum absolute atomic E-state index is 0.165. The van der Waals surface area contributed by atoms with E-state index in [0.717, 1.165) is 17.8 Å². The highest BCUT2D eigenvalue weighted by Crippen LogP contribution is 2.23. The number of alkyl halides is 1. The van der Waals surface area contributed by atoms with Crippen molar-refractivity contribution in [1.29, 1.82) is 0 Å². The molecule has 0 atom stereocenters. The lowest BCUT2D eigenvalue weighted by atomic mass is 10.1. The normalized spacial score (nSPS) is 18.0. The Bertz CT molecular complexity index is 734. The first-order valence-corrected chi connectivity index (χ1v) is 8.21. The standard InChI is InChI=1S/C14H11BrFN3O3S/c1-22-12(20)5-11-13(21)18-14(23-11)19-17-7-8-2-3-9(6-15)10(16)4-8/h2-5,7H,6H2,1H3,(H,18,19,21)/b11-5+,17-7?. The van der Waals surface area contributed by atoms with E-state index in [1.807, 2.05) is 0 Å². The van der Waals surface area contributed by atoms with Crippen molar-refractivity contribution in [2.75, 3.05) is 7.11 Å². The number of carbonyl (C=O) groups excluding carboxylic acids is 2. The summed E-state index contributed by atoms with van der Waals surface area (Å²) in [5.41, 5.74) is 1.08. The topological polar surface area (TPSA) is 80.1 Å². The zero-order chi connectivity index (χ0) is 16.8. The van der Waals surface area contributed by atoms with E-state index < -0.39 is 11.9 Å². The van der Waals surface area contributed by atoms with Crippen LogP contribution in [0.2, 0.25) is 0 Å². The maximum atomic E-state index is 13.6. The van der Waals surface area contributed by atoms with Crippen LogP contribution in [0, 0.1) is 5.82 Å². The third-order valence-electron chi connectivity index (χ3n) is 2.68. The number of amidine groups is 1. The van der Waals surface area contributed by atoms with Gasteiger partial charge < -0.3 is 4.74 Å². The Hall–Kier alpha value is -2.00. The Balaban J connectivity index is 2.06. The second kappa shape index (κ2) is 8.02. The monoisotopic (exact) mass is 399 g/mol. The van der Waals surface area contributed by atoms with Crippen LogP contribution in [0.3, 0.4) is 0 Å². The van der Waals surface area contributed by atoms with E-state index in [9.17, 15) is 14.0 Å². The molecule has 1 aromatic carbocycles. The van der Waals surface area contributed by atoms with E-state index in [0.29, 0.717) is 16.5 Å². The Kier molecular flexibility index (Phi) is 6.05. The number of rotatable bonds is 4. The fraction of sp³-hybridized carbons (Fsp3) is 0.143. The number of esters is 1. The average Bonchev–Trinajstić information content (AvgIpc) is 2.87. The number of ether oxygens (including phenoxy) is 1. The molecule has 0 unspecified atom stereocenters. The molecule has 6 nitrogen and oxygen atoms in total. The molecule has 1 aromatic rings. The summed E-state index contributed by atoms with van der Waals surface area (Å²) in [5.74, 6) is -1.43. The molecule has 0 radical (unpaired) electrons. The van der Waals surface area contributed by atoms with Gasteiger partial charge >= 0.3 is 5.97 Å². The molecule has 120 valence electrons. The van der Waals surface area contributed by atoms with Crippen LogP contribution in [0.4, 0.5) is 4.39 Å². The lowest BCUT2D eigenvalue weighted by Crippen LogP contribution is -2.19. The molecule has 1 fully saturated rings.